The van der Waals surface area contributed by atoms with Gasteiger partial charge in [-0.2, -0.15) is 0 Å². The third-order valence-electron chi connectivity index (χ3n) is 3.40. The van der Waals surface area contributed by atoms with Crippen LogP contribution in [0.2, 0.25) is 0 Å². The van der Waals surface area contributed by atoms with Crippen molar-refractivity contribution in [2.24, 2.45) is 5.73 Å². The van der Waals surface area contributed by atoms with Crippen LogP contribution in [-0.4, -0.2) is 36.5 Å². The van der Waals surface area contributed by atoms with E-state index in [1.165, 1.54) is 6.07 Å². The first kappa shape index (κ1) is 14.0. The van der Waals surface area contributed by atoms with Crippen molar-refractivity contribution in [3.8, 4) is 0 Å². The van der Waals surface area contributed by atoms with Crippen molar-refractivity contribution < 1.29 is 9.18 Å². The fraction of sp³-hybridized carbons (Fsp3) is 0.500. The number of aryl methyl sites for hydroxylation is 1. The van der Waals surface area contributed by atoms with Crippen molar-refractivity contribution in [2.75, 3.05) is 25.0 Å². The van der Waals surface area contributed by atoms with Gasteiger partial charge in [0.15, 0.2) is 0 Å². The van der Waals surface area contributed by atoms with Crippen LogP contribution in [0.15, 0.2) is 18.2 Å². The Kier molecular flexibility index (Phi) is 4.50. The topological polar surface area (TPSA) is 58.4 Å². The van der Waals surface area contributed by atoms with Gasteiger partial charge in [-0.05, 0) is 37.5 Å². The third kappa shape index (κ3) is 4.01. The molecule has 0 unspecified atom stereocenters. The molecule has 0 atom stereocenters. The van der Waals surface area contributed by atoms with E-state index < -0.39 is 5.82 Å². The molecule has 0 aromatic heterocycles. The Morgan fingerprint density at radius 1 is 1.47 bits per heavy atom. The molecule has 1 heterocycles. The van der Waals surface area contributed by atoms with Gasteiger partial charge < -0.3 is 11.1 Å². The summed E-state index contributed by atoms with van der Waals surface area (Å²) in [5.74, 6) is -0.577. The summed E-state index contributed by atoms with van der Waals surface area (Å²) in [7, 11) is 0. The molecule has 19 heavy (non-hydrogen) atoms. The normalized spacial score (nSPS) is 17.4. The maximum absolute atomic E-state index is 13.6. The predicted octanol–water partition coefficient (Wildman–Crippen LogP) is 1.50. The predicted molar refractivity (Wildman–Crippen MR) is 73.4 cm³/mol. The molecule has 0 bridgehead atoms. The van der Waals surface area contributed by atoms with Crippen LogP contribution in [0.5, 0.6) is 0 Å². The number of halogens is 1. The summed E-state index contributed by atoms with van der Waals surface area (Å²) in [5.41, 5.74) is 6.88. The number of anilines is 1. The minimum atomic E-state index is -0.394. The van der Waals surface area contributed by atoms with Crippen molar-refractivity contribution >= 4 is 11.6 Å². The number of nitrogens with two attached hydrogens (primary N) is 1. The molecule has 1 aromatic rings. The molecule has 2 rings (SSSR count). The van der Waals surface area contributed by atoms with Gasteiger partial charge in [0, 0.05) is 19.1 Å². The van der Waals surface area contributed by atoms with E-state index in [2.05, 4.69) is 5.32 Å². The Bertz CT molecular complexity index is 456. The average Bonchev–Trinajstić information content (AvgIpc) is 2.36. The summed E-state index contributed by atoms with van der Waals surface area (Å²) in [6.07, 6.45) is 1.82. The first-order chi connectivity index (χ1) is 9.04. The van der Waals surface area contributed by atoms with Crippen LogP contribution in [0.1, 0.15) is 18.4 Å². The lowest BCUT2D eigenvalue weighted by Gasteiger charge is -2.29. The van der Waals surface area contributed by atoms with Crippen LogP contribution in [-0.2, 0) is 4.79 Å². The zero-order chi connectivity index (χ0) is 13.8. The lowest BCUT2D eigenvalue weighted by molar-refractivity contribution is -0.117. The molecular formula is C14H20FN3O. The van der Waals surface area contributed by atoms with E-state index in [1.54, 1.807) is 12.1 Å². The van der Waals surface area contributed by atoms with E-state index in [9.17, 15) is 9.18 Å². The van der Waals surface area contributed by atoms with Gasteiger partial charge in [-0.3, -0.25) is 9.69 Å². The van der Waals surface area contributed by atoms with Crippen molar-refractivity contribution in [3.63, 3.8) is 0 Å². The highest BCUT2D eigenvalue weighted by Gasteiger charge is 2.18. The van der Waals surface area contributed by atoms with E-state index in [4.69, 9.17) is 5.73 Å². The molecule has 1 aliphatic heterocycles. The van der Waals surface area contributed by atoms with Crippen molar-refractivity contribution in [3.05, 3.63) is 29.6 Å². The van der Waals surface area contributed by atoms with E-state index >= 15 is 0 Å². The number of nitrogens with zero attached hydrogens (tertiary/aromatic N) is 1. The Balaban J connectivity index is 1.87. The number of likely N-dealkylation sites (tertiary alicyclic amines) is 1. The van der Waals surface area contributed by atoms with Gasteiger partial charge in [0.2, 0.25) is 5.91 Å². The van der Waals surface area contributed by atoms with Crippen LogP contribution >= 0.6 is 0 Å². The highest BCUT2D eigenvalue weighted by atomic mass is 19.1. The number of hydrogen-bond acceptors (Lipinski definition) is 3. The highest BCUT2D eigenvalue weighted by molar-refractivity contribution is 5.92. The SMILES string of the molecule is Cc1ccc(NC(=O)CN2CCC(N)CC2)c(F)c1. The second-order valence-electron chi connectivity index (χ2n) is 5.15. The number of rotatable bonds is 3. The van der Waals surface area contributed by atoms with E-state index in [0.29, 0.717) is 6.54 Å². The van der Waals surface area contributed by atoms with Gasteiger partial charge in [-0.1, -0.05) is 6.07 Å². The van der Waals surface area contributed by atoms with Gasteiger partial charge in [0.1, 0.15) is 5.82 Å². The number of carbonyl (C=O) groups is 1. The first-order valence-electron chi connectivity index (χ1n) is 6.58. The van der Waals surface area contributed by atoms with Crippen LogP contribution in [0.25, 0.3) is 0 Å². The lowest BCUT2D eigenvalue weighted by Crippen LogP contribution is -2.43. The first-order valence-corrected chi connectivity index (χ1v) is 6.58. The van der Waals surface area contributed by atoms with Crippen molar-refractivity contribution in [2.45, 2.75) is 25.8 Å². The van der Waals surface area contributed by atoms with Crippen LogP contribution in [0, 0.1) is 12.7 Å². The van der Waals surface area contributed by atoms with Gasteiger partial charge in [0.25, 0.3) is 0 Å². The molecule has 0 spiro atoms. The number of carbonyl (C=O) groups excluding carboxylic acids is 1. The Hall–Kier alpha value is -1.46. The van der Waals surface area contributed by atoms with Crippen molar-refractivity contribution in [1.29, 1.82) is 0 Å². The second kappa shape index (κ2) is 6.12. The van der Waals surface area contributed by atoms with E-state index in [1.807, 2.05) is 11.8 Å². The van der Waals surface area contributed by atoms with Gasteiger partial charge >= 0.3 is 0 Å². The number of amides is 1. The fourth-order valence-corrected chi connectivity index (χ4v) is 2.23. The van der Waals surface area contributed by atoms with Gasteiger partial charge in [-0.25, -0.2) is 4.39 Å². The molecule has 1 amide bonds. The molecular weight excluding hydrogens is 245 g/mol. The van der Waals surface area contributed by atoms with Crippen LogP contribution in [0.3, 0.4) is 0 Å². The number of piperidine rings is 1. The van der Waals surface area contributed by atoms with E-state index in [-0.39, 0.29) is 17.6 Å². The second-order valence-corrected chi connectivity index (χ2v) is 5.15. The summed E-state index contributed by atoms with van der Waals surface area (Å²) in [5, 5.41) is 2.61. The molecule has 1 aromatic carbocycles. The monoisotopic (exact) mass is 265 g/mol. The molecule has 3 N–H and O–H groups in total. The third-order valence-corrected chi connectivity index (χ3v) is 3.40. The zero-order valence-corrected chi connectivity index (χ0v) is 11.2. The molecule has 104 valence electrons. The average molecular weight is 265 g/mol. The number of hydrogen-bond donors (Lipinski definition) is 2. The van der Waals surface area contributed by atoms with E-state index in [0.717, 1.165) is 31.5 Å². The summed E-state index contributed by atoms with van der Waals surface area (Å²) < 4.78 is 13.6. The summed E-state index contributed by atoms with van der Waals surface area (Å²) >= 11 is 0. The zero-order valence-electron chi connectivity index (χ0n) is 11.2. The highest BCUT2D eigenvalue weighted by Crippen LogP contribution is 2.15. The smallest absolute Gasteiger partial charge is 0.238 e. The van der Waals surface area contributed by atoms with Gasteiger partial charge in [0.05, 0.1) is 12.2 Å². The molecule has 0 saturated carbocycles. The Morgan fingerprint density at radius 3 is 2.79 bits per heavy atom. The Morgan fingerprint density at radius 2 is 2.16 bits per heavy atom. The molecule has 1 saturated heterocycles. The minimum Gasteiger partial charge on any atom is -0.328 e. The summed E-state index contributed by atoms with van der Waals surface area (Å²) in [6, 6.07) is 5.02. The molecule has 1 fully saturated rings. The molecule has 5 heteroatoms. The lowest BCUT2D eigenvalue weighted by atomic mass is 10.1. The maximum atomic E-state index is 13.6. The van der Waals surface area contributed by atoms with Crippen LogP contribution < -0.4 is 11.1 Å². The quantitative estimate of drug-likeness (QED) is 0.870. The summed E-state index contributed by atoms with van der Waals surface area (Å²) in [4.78, 5) is 13.9. The molecule has 4 nitrogen and oxygen atoms in total. The number of nitrogens with one attached hydrogen (secondary N) is 1. The number of benzene rings is 1. The largest absolute Gasteiger partial charge is 0.328 e. The molecule has 0 aliphatic carbocycles. The fourth-order valence-electron chi connectivity index (χ4n) is 2.23. The Labute approximate surface area is 112 Å². The van der Waals surface area contributed by atoms with Crippen molar-refractivity contribution in [1.82, 2.24) is 4.90 Å². The molecule has 1 aliphatic rings. The molecule has 0 radical (unpaired) electrons. The maximum Gasteiger partial charge on any atom is 0.238 e. The van der Waals surface area contributed by atoms with Crippen LogP contribution in [0.4, 0.5) is 10.1 Å². The minimum absolute atomic E-state index is 0.182. The standard InChI is InChI=1S/C14H20FN3O/c1-10-2-3-13(12(15)8-10)17-14(19)9-18-6-4-11(16)5-7-18/h2-3,8,11H,4-7,9,16H2,1H3,(H,17,19). The van der Waals surface area contributed by atoms with Gasteiger partial charge in [-0.15, -0.1) is 0 Å². The summed E-state index contributed by atoms with van der Waals surface area (Å²) in [6.45, 7) is 3.75.